The molecule has 0 aliphatic rings. The molecular weight excluding hydrogens is 242 g/mol. The first-order valence-corrected chi connectivity index (χ1v) is 4.68. The van der Waals surface area contributed by atoms with Crippen LogP contribution in [0.3, 0.4) is 0 Å². The Morgan fingerprint density at radius 1 is 1.31 bits per heavy atom. The standard InChI is InChI=1S/C9H9BrF2O/c10-7-4-6(2-1-3-13)5-8(11)9(7)12/h4-5,13H,1-3H2. The van der Waals surface area contributed by atoms with Crippen molar-refractivity contribution < 1.29 is 13.9 Å². The second-order valence-corrected chi connectivity index (χ2v) is 3.55. The molecule has 72 valence electrons. The van der Waals surface area contributed by atoms with Gasteiger partial charge >= 0.3 is 0 Å². The van der Waals surface area contributed by atoms with E-state index in [9.17, 15) is 8.78 Å². The van der Waals surface area contributed by atoms with Crippen LogP contribution in [-0.4, -0.2) is 11.7 Å². The molecule has 0 amide bonds. The Kier molecular flexibility index (Phi) is 3.81. The SMILES string of the molecule is OCCCc1cc(F)c(F)c(Br)c1. The summed E-state index contributed by atoms with van der Waals surface area (Å²) in [5, 5.41) is 8.54. The first kappa shape index (κ1) is 10.6. The van der Waals surface area contributed by atoms with Crippen molar-refractivity contribution in [1.29, 1.82) is 0 Å². The number of aliphatic hydroxyl groups excluding tert-OH is 1. The molecule has 1 N–H and O–H groups in total. The highest BCUT2D eigenvalue weighted by Crippen LogP contribution is 2.20. The molecule has 1 nitrogen and oxygen atoms in total. The topological polar surface area (TPSA) is 20.2 Å². The Balaban J connectivity index is 2.86. The molecule has 0 fully saturated rings. The van der Waals surface area contributed by atoms with E-state index in [2.05, 4.69) is 15.9 Å². The lowest BCUT2D eigenvalue weighted by molar-refractivity contribution is 0.288. The quantitative estimate of drug-likeness (QED) is 0.819. The summed E-state index contributed by atoms with van der Waals surface area (Å²) in [6.07, 6.45) is 1.10. The summed E-state index contributed by atoms with van der Waals surface area (Å²) >= 11 is 2.91. The number of halogens is 3. The Morgan fingerprint density at radius 2 is 2.00 bits per heavy atom. The van der Waals surface area contributed by atoms with Gasteiger partial charge in [-0.2, -0.15) is 0 Å². The summed E-state index contributed by atoms with van der Waals surface area (Å²) in [6.45, 7) is 0.0522. The highest BCUT2D eigenvalue weighted by atomic mass is 79.9. The molecule has 0 unspecified atom stereocenters. The zero-order chi connectivity index (χ0) is 9.84. The molecule has 0 bridgehead atoms. The van der Waals surface area contributed by atoms with Gasteiger partial charge in [0, 0.05) is 6.61 Å². The highest BCUT2D eigenvalue weighted by Gasteiger charge is 2.07. The maximum atomic E-state index is 12.8. The number of rotatable bonds is 3. The average molecular weight is 251 g/mol. The van der Waals surface area contributed by atoms with Gasteiger partial charge in [0.2, 0.25) is 0 Å². The largest absolute Gasteiger partial charge is 0.396 e. The maximum Gasteiger partial charge on any atom is 0.172 e. The Bertz CT molecular complexity index is 279. The van der Waals surface area contributed by atoms with Crippen molar-refractivity contribution in [3.8, 4) is 0 Å². The smallest absolute Gasteiger partial charge is 0.172 e. The molecule has 0 radical (unpaired) electrons. The number of aliphatic hydroxyl groups is 1. The van der Waals surface area contributed by atoms with Crippen LogP contribution in [0.2, 0.25) is 0 Å². The van der Waals surface area contributed by atoms with Crippen LogP contribution in [0.25, 0.3) is 0 Å². The third-order valence-corrected chi connectivity index (χ3v) is 2.24. The normalized spacial score (nSPS) is 10.5. The zero-order valence-corrected chi connectivity index (χ0v) is 8.44. The van der Waals surface area contributed by atoms with Crippen LogP contribution >= 0.6 is 15.9 Å². The lowest BCUT2D eigenvalue weighted by Crippen LogP contribution is -1.93. The lowest BCUT2D eigenvalue weighted by atomic mass is 10.1. The van der Waals surface area contributed by atoms with E-state index in [0.717, 1.165) is 6.07 Å². The molecule has 0 saturated carbocycles. The van der Waals surface area contributed by atoms with Crippen molar-refractivity contribution in [2.24, 2.45) is 0 Å². The molecule has 0 spiro atoms. The Labute approximate surface area is 83.5 Å². The van der Waals surface area contributed by atoms with E-state index in [4.69, 9.17) is 5.11 Å². The molecule has 1 aromatic carbocycles. The molecular formula is C9H9BrF2O. The Hall–Kier alpha value is -0.480. The second kappa shape index (κ2) is 4.67. The van der Waals surface area contributed by atoms with Gasteiger partial charge in [-0.1, -0.05) is 0 Å². The monoisotopic (exact) mass is 250 g/mol. The molecule has 0 aliphatic carbocycles. The minimum absolute atomic E-state index is 0.0522. The molecule has 1 aromatic rings. The Morgan fingerprint density at radius 3 is 2.54 bits per heavy atom. The molecule has 0 heterocycles. The predicted octanol–water partition coefficient (Wildman–Crippen LogP) is 2.65. The van der Waals surface area contributed by atoms with E-state index >= 15 is 0 Å². The first-order valence-electron chi connectivity index (χ1n) is 3.89. The van der Waals surface area contributed by atoms with E-state index in [-0.39, 0.29) is 11.1 Å². The summed E-state index contributed by atoms with van der Waals surface area (Å²) in [7, 11) is 0. The van der Waals surface area contributed by atoms with Gasteiger partial charge in [0.1, 0.15) is 0 Å². The zero-order valence-electron chi connectivity index (χ0n) is 6.86. The van der Waals surface area contributed by atoms with Gasteiger partial charge in [-0.25, -0.2) is 8.78 Å². The minimum atomic E-state index is -0.868. The van der Waals surface area contributed by atoms with Crippen molar-refractivity contribution in [3.05, 3.63) is 33.8 Å². The van der Waals surface area contributed by atoms with E-state index in [1.807, 2.05) is 0 Å². The van der Waals surface area contributed by atoms with Gasteiger partial charge in [0.25, 0.3) is 0 Å². The van der Waals surface area contributed by atoms with Crippen molar-refractivity contribution in [2.75, 3.05) is 6.61 Å². The summed E-state index contributed by atoms with van der Waals surface area (Å²) in [4.78, 5) is 0. The molecule has 0 saturated heterocycles. The lowest BCUT2D eigenvalue weighted by Gasteiger charge is -2.02. The molecule has 1 rings (SSSR count). The van der Waals surface area contributed by atoms with E-state index < -0.39 is 11.6 Å². The van der Waals surface area contributed by atoms with Gasteiger partial charge < -0.3 is 5.11 Å². The van der Waals surface area contributed by atoms with Crippen LogP contribution in [0.5, 0.6) is 0 Å². The van der Waals surface area contributed by atoms with Crippen LogP contribution in [0.4, 0.5) is 8.78 Å². The molecule has 0 atom stereocenters. The number of benzene rings is 1. The summed E-state index contributed by atoms with van der Waals surface area (Å²) in [6, 6.07) is 2.67. The van der Waals surface area contributed by atoms with Gasteiger partial charge in [0.05, 0.1) is 4.47 Å². The first-order chi connectivity index (χ1) is 6.15. The summed E-state index contributed by atoms with van der Waals surface area (Å²) < 4.78 is 25.7. The second-order valence-electron chi connectivity index (χ2n) is 2.70. The number of hydrogen-bond acceptors (Lipinski definition) is 1. The average Bonchev–Trinajstić information content (AvgIpc) is 2.10. The van der Waals surface area contributed by atoms with Gasteiger partial charge in [-0.3, -0.25) is 0 Å². The van der Waals surface area contributed by atoms with Crippen molar-refractivity contribution in [1.82, 2.24) is 0 Å². The van der Waals surface area contributed by atoms with Crippen LogP contribution in [-0.2, 0) is 6.42 Å². The summed E-state index contributed by atoms with van der Waals surface area (Å²) in [5.74, 6) is -1.73. The van der Waals surface area contributed by atoms with Gasteiger partial charge in [-0.15, -0.1) is 0 Å². The maximum absolute atomic E-state index is 12.8. The van der Waals surface area contributed by atoms with Crippen LogP contribution in [0.1, 0.15) is 12.0 Å². The van der Waals surface area contributed by atoms with Gasteiger partial charge in [-0.05, 0) is 46.5 Å². The third-order valence-electron chi connectivity index (χ3n) is 1.67. The summed E-state index contributed by atoms with van der Waals surface area (Å²) in [5.41, 5.74) is 0.680. The fraction of sp³-hybridized carbons (Fsp3) is 0.333. The molecule has 13 heavy (non-hydrogen) atoms. The number of hydrogen-bond donors (Lipinski definition) is 1. The van der Waals surface area contributed by atoms with Crippen molar-refractivity contribution in [2.45, 2.75) is 12.8 Å². The third kappa shape index (κ3) is 2.74. The van der Waals surface area contributed by atoms with E-state index in [1.165, 1.54) is 6.07 Å². The van der Waals surface area contributed by atoms with Crippen LogP contribution in [0.15, 0.2) is 16.6 Å². The number of aryl methyl sites for hydroxylation is 1. The molecule has 4 heteroatoms. The fourth-order valence-corrected chi connectivity index (χ4v) is 1.52. The fourth-order valence-electron chi connectivity index (χ4n) is 1.04. The van der Waals surface area contributed by atoms with Crippen molar-refractivity contribution >= 4 is 15.9 Å². The predicted molar refractivity (Wildman–Crippen MR) is 49.5 cm³/mol. The van der Waals surface area contributed by atoms with Gasteiger partial charge in [0.15, 0.2) is 11.6 Å². The highest BCUT2D eigenvalue weighted by molar-refractivity contribution is 9.10. The van der Waals surface area contributed by atoms with E-state index in [1.54, 1.807) is 0 Å². The van der Waals surface area contributed by atoms with Crippen LogP contribution in [0, 0.1) is 11.6 Å². The minimum Gasteiger partial charge on any atom is -0.396 e. The van der Waals surface area contributed by atoms with E-state index in [0.29, 0.717) is 18.4 Å². The van der Waals surface area contributed by atoms with Crippen molar-refractivity contribution in [3.63, 3.8) is 0 Å². The molecule has 0 aliphatic heterocycles. The molecule has 0 aromatic heterocycles. The van der Waals surface area contributed by atoms with Crippen LogP contribution < -0.4 is 0 Å².